The zero-order valence-corrected chi connectivity index (χ0v) is 16.4. The van der Waals surface area contributed by atoms with Gasteiger partial charge in [0, 0.05) is 13.6 Å². The summed E-state index contributed by atoms with van der Waals surface area (Å²) < 4.78 is 23.9. The van der Waals surface area contributed by atoms with Crippen molar-refractivity contribution in [2.75, 3.05) is 19.5 Å². The van der Waals surface area contributed by atoms with Crippen LogP contribution in [0.3, 0.4) is 0 Å². The van der Waals surface area contributed by atoms with E-state index in [2.05, 4.69) is 10.6 Å². The molecule has 30 heavy (non-hydrogen) atoms. The van der Waals surface area contributed by atoms with E-state index >= 15 is 0 Å². The molecule has 1 aromatic heterocycles. The number of carbonyl (C=O) groups is 2. The number of hydrogen-bond acceptors (Lipinski definition) is 5. The second kappa shape index (κ2) is 7.90. The van der Waals surface area contributed by atoms with Gasteiger partial charge >= 0.3 is 0 Å². The summed E-state index contributed by atoms with van der Waals surface area (Å²) in [5, 5.41) is 6.02. The van der Waals surface area contributed by atoms with Gasteiger partial charge in [0.2, 0.25) is 0 Å². The minimum Gasteiger partial charge on any atom is -0.495 e. The Kier molecular flexibility index (Phi) is 5.14. The van der Waals surface area contributed by atoms with Gasteiger partial charge in [-0.15, -0.1) is 0 Å². The summed E-state index contributed by atoms with van der Waals surface area (Å²) in [5.41, 5.74) is 1.81. The van der Waals surface area contributed by atoms with E-state index in [9.17, 15) is 14.0 Å². The lowest BCUT2D eigenvalue weighted by molar-refractivity contribution is 0.0715. The van der Waals surface area contributed by atoms with Crippen LogP contribution in [0.15, 0.2) is 59.2 Å². The van der Waals surface area contributed by atoms with Gasteiger partial charge in [0.15, 0.2) is 6.17 Å². The molecule has 0 saturated carbocycles. The van der Waals surface area contributed by atoms with Gasteiger partial charge in [-0.1, -0.05) is 12.1 Å². The Morgan fingerprint density at radius 3 is 2.67 bits per heavy atom. The van der Waals surface area contributed by atoms with E-state index in [4.69, 9.17) is 9.15 Å². The predicted molar refractivity (Wildman–Crippen MR) is 108 cm³/mol. The highest BCUT2D eigenvalue weighted by Crippen LogP contribution is 2.39. The van der Waals surface area contributed by atoms with Gasteiger partial charge in [-0.3, -0.25) is 9.59 Å². The van der Waals surface area contributed by atoms with Gasteiger partial charge in [0.05, 0.1) is 24.6 Å². The number of anilines is 1. The number of nitrogens with zero attached hydrogens (tertiary/aromatic N) is 1. The van der Waals surface area contributed by atoms with Crippen LogP contribution in [0.1, 0.15) is 38.2 Å². The van der Waals surface area contributed by atoms with Gasteiger partial charge < -0.3 is 24.7 Å². The largest absolute Gasteiger partial charge is 0.495 e. The van der Waals surface area contributed by atoms with E-state index in [-0.39, 0.29) is 35.1 Å². The number of hydrogen-bond donors (Lipinski definition) is 2. The summed E-state index contributed by atoms with van der Waals surface area (Å²) in [5.74, 6) is -0.259. The number of amides is 2. The van der Waals surface area contributed by atoms with Crippen LogP contribution in [0, 0.1) is 5.82 Å². The molecule has 1 aliphatic rings. The summed E-state index contributed by atoms with van der Waals surface area (Å²) in [6.45, 7) is 0.214. The molecule has 4 rings (SSSR count). The molecule has 1 aliphatic heterocycles. The van der Waals surface area contributed by atoms with Crippen LogP contribution in [0.5, 0.6) is 5.75 Å². The third kappa shape index (κ3) is 3.47. The van der Waals surface area contributed by atoms with E-state index in [1.165, 1.54) is 24.1 Å². The highest BCUT2D eigenvalue weighted by atomic mass is 19.1. The Bertz CT molecular complexity index is 1080. The second-order valence-electron chi connectivity index (χ2n) is 6.86. The molecule has 8 heteroatoms. The Morgan fingerprint density at radius 1 is 1.23 bits per heavy atom. The van der Waals surface area contributed by atoms with Crippen molar-refractivity contribution in [3.63, 3.8) is 0 Å². The molecule has 1 unspecified atom stereocenters. The lowest BCUT2D eigenvalue weighted by atomic mass is 10.0. The number of fused-ring (bicyclic) bond motifs is 1. The molecule has 2 amide bonds. The van der Waals surface area contributed by atoms with E-state index in [1.807, 2.05) is 0 Å². The average Bonchev–Trinajstić information content (AvgIpc) is 3.29. The minimum absolute atomic E-state index is 0.186. The summed E-state index contributed by atoms with van der Waals surface area (Å²) in [6, 6.07) is 12.6. The normalized spacial score (nSPS) is 15.4. The molecule has 1 atom stereocenters. The number of nitrogens with one attached hydrogen (secondary N) is 2. The minimum atomic E-state index is -0.470. The molecule has 0 fully saturated rings. The zero-order chi connectivity index (χ0) is 21.3. The molecule has 2 aromatic carbocycles. The summed E-state index contributed by atoms with van der Waals surface area (Å²) >= 11 is 0. The third-order valence-electron chi connectivity index (χ3n) is 5.00. The van der Waals surface area contributed by atoms with Crippen molar-refractivity contribution in [3.8, 4) is 5.75 Å². The van der Waals surface area contributed by atoms with Crippen LogP contribution in [0.25, 0.3) is 0 Å². The van der Waals surface area contributed by atoms with Crippen molar-refractivity contribution in [1.82, 2.24) is 10.2 Å². The number of benzene rings is 2. The van der Waals surface area contributed by atoms with Crippen molar-refractivity contribution in [3.05, 3.63) is 83.1 Å². The third-order valence-corrected chi connectivity index (χ3v) is 5.00. The lowest BCUT2D eigenvalue weighted by Crippen LogP contribution is -2.40. The maximum atomic E-state index is 13.1. The first-order valence-corrected chi connectivity index (χ1v) is 9.30. The molecule has 0 bridgehead atoms. The fourth-order valence-electron chi connectivity index (χ4n) is 3.43. The molecule has 3 aromatic rings. The molecule has 0 saturated heterocycles. The van der Waals surface area contributed by atoms with E-state index < -0.39 is 12.1 Å². The van der Waals surface area contributed by atoms with Crippen LogP contribution >= 0.6 is 0 Å². The molecular formula is C22H20FN3O4. The van der Waals surface area contributed by atoms with Gasteiger partial charge in [-0.25, -0.2) is 4.39 Å². The van der Waals surface area contributed by atoms with Gasteiger partial charge in [-0.05, 0) is 42.0 Å². The van der Waals surface area contributed by atoms with Crippen molar-refractivity contribution in [1.29, 1.82) is 0 Å². The van der Waals surface area contributed by atoms with Crippen LogP contribution in [-0.4, -0.2) is 30.9 Å². The quantitative estimate of drug-likeness (QED) is 0.673. The fraction of sp³-hybridized carbons (Fsp3) is 0.182. The number of methoxy groups -OCH3 is 1. The fourth-order valence-corrected chi connectivity index (χ4v) is 3.43. The Balaban J connectivity index is 1.61. The van der Waals surface area contributed by atoms with E-state index in [1.54, 1.807) is 49.7 Å². The standard InChI is InChI=1S/C22H20FN3O4/c1-26-20(17-4-3-11-30-17)25-16-10-9-15(19(29-2)18(16)22(26)28)21(27)24-12-13-5-7-14(23)8-6-13/h3-11,20,25H,12H2,1-2H3,(H,24,27). The maximum absolute atomic E-state index is 13.1. The molecule has 0 radical (unpaired) electrons. The maximum Gasteiger partial charge on any atom is 0.261 e. The molecule has 7 nitrogen and oxygen atoms in total. The highest BCUT2D eigenvalue weighted by molar-refractivity contribution is 6.08. The van der Waals surface area contributed by atoms with Crippen LogP contribution in [0.4, 0.5) is 10.1 Å². The predicted octanol–water partition coefficient (Wildman–Crippen LogP) is 3.55. The number of furan rings is 1. The average molecular weight is 409 g/mol. The van der Waals surface area contributed by atoms with Crippen molar-refractivity contribution in [2.45, 2.75) is 12.7 Å². The first-order chi connectivity index (χ1) is 14.5. The molecule has 154 valence electrons. The van der Waals surface area contributed by atoms with Gasteiger partial charge in [0.25, 0.3) is 11.8 Å². The number of halogens is 1. The first-order valence-electron chi connectivity index (χ1n) is 9.30. The molecule has 0 spiro atoms. The molecule has 2 heterocycles. The Morgan fingerprint density at radius 2 is 2.00 bits per heavy atom. The smallest absolute Gasteiger partial charge is 0.261 e. The van der Waals surface area contributed by atoms with Gasteiger partial charge in [-0.2, -0.15) is 0 Å². The molecule has 0 aliphatic carbocycles. The molecular weight excluding hydrogens is 389 g/mol. The van der Waals surface area contributed by atoms with E-state index in [0.29, 0.717) is 11.4 Å². The monoisotopic (exact) mass is 409 g/mol. The highest BCUT2D eigenvalue weighted by Gasteiger charge is 2.35. The number of rotatable bonds is 5. The summed E-state index contributed by atoms with van der Waals surface area (Å²) in [4.78, 5) is 27.3. The van der Waals surface area contributed by atoms with Crippen LogP contribution < -0.4 is 15.4 Å². The summed E-state index contributed by atoms with van der Waals surface area (Å²) in [7, 11) is 3.06. The van der Waals surface area contributed by atoms with Gasteiger partial charge in [0.1, 0.15) is 22.9 Å². The summed E-state index contributed by atoms with van der Waals surface area (Å²) in [6.07, 6.45) is 1.07. The number of ether oxygens (including phenoxy) is 1. The topological polar surface area (TPSA) is 83.8 Å². The van der Waals surface area contributed by atoms with Crippen molar-refractivity contribution < 1.29 is 23.1 Å². The van der Waals surface area contributed by atoms with Crippen molar-refractivity contribution >= 4 is 17.5 Å². The Labute approximate surface area is 172 Å². The zero-order valence-electron chi connectivity index (χ0n) is 16.4. The SMILES string of the molecule is COc1c(C(=O)NCc2ccc(F)cc2)ccc2c1C(=O)N(C)C(c1ccco1)N2. The number of carbonyl (C=O) groups excluding carboxylic acids is 2. The van der Waals surface area contributed by atoms with Crippen molar-refractivity contribution in [2.24, 2.45) is 0 Å². The lowest BCUT2D eigenvalue weighted by Gasteiger charge is -2.35. The molecule has 2 N–H and O–H groups in total. The second-order valence-corrected chi connectivity index (χ2v) is 6.86. The van der Waals surface area contributed by atoms with Crippen LogP contribution in [0.2, 0.25) is 0 Å². The van der Waals surface area contributed by atoms with E-state index in [0.717, 1.165) is 5.56 Å². The first kappa shape index (κ1) is 19.5. The van der Waals surface area contributed by atoms with Crippen LogP contribution in [-0.2, 0) is 6.54 Å². The Hall–Kier alpha value is -3.81.